The minimum Gasteiger partial charge on any atom is -0.480 e. The number of ether oxygens (including phenoxy) is 1. The molecule has 5 N–H and O–H groups in total. The third-order valence-electron chi connectivity index (χ3n) is 5.31. The van der Waals surface area contributed by atoms with Crippen molar-refractivity contribution in [1.29, 1.82) is 0 Å². The van der Waals surface area contributed by atoms with Gasteiger partial charge in [0.05, 0.1) is 18.6 Å². The van der Waals surface area contributed by atoms with Crippen LogP contribution in [0.5, 0.6) is 0 Å². The third-order valence-corrected chi connectivity index (χ3v) is 5.31. The Hall–Kier alpha value is -3.43. The number of carboxylic acids is 1. The fraction of sp³-hybridized carbons (Fsp3) is 0.348. The van der Waals surface area contributed by atoms with Crippen LogP contribution in [-0.4, -0.2) is 64.7 Å². The normalized spacial score (nSPS) is 15.1. The van der Waals surface area contributed by atoms with Gasteiger partial charge < -0.3 is 30.7 Å². The highest BCUT2D eigenvalue weighted by molar-refractivity contribution is 5.84. The Morgan fingerprint density at radius 3 is 2.09 bits per heavy atom. The van der Waals surface area contributed by atoms with Gasteiger partial charge >= 0.3 is 12.1 Å². The molecule has 3 rings (SSSR count). The number of hydrogen-bond acceptors (Lipinski definition) is 6. The number of carbonyl (C=O) groups excluding carboxylic acids is 2. The van der Waals surface area contributed by atoms with Crippen molar-refractivity contribution in [3.63, 3.8) is 0 Å². The number of amides is 2. The molecule has 0 heterocycles. The summed E-state index contributed by atoms with van der Waals surface area (Å²) >= 11 is 0. The highest BCUT2D eigenvalue weighted by Gasteiger charge is 2.29. The fourth-order valence-corrected chi connectivity index (χ4v) is 3.76. The Kier molecular flexibility index (Phi) is 7.45. The lowest BCUT2D eigenvalue weighted by Gasteiger charge is -2.18. The zero-order valence-electron chi connectivity index (χ0n) is 17.5. The lowest BCUT2D eigenvalue weighted by atomic mass is 9.98. The molecule has 2 aromatic carbocycles. The minimum atomic E-state index is -1.48. The SMILES string of the molecule is CC(O)C(NC(=O)CC(O)CNC(=O)OCC1c2ccccc2-c2ccccc21)C(=O)O. The summed E-state index contributed by atoms with van der Waals surface area (Å²) < 4.78 is 5.35. The molecule has 0 saturated heterocycles. The number of alkyl carbamates (subject to hydrolysis) is 1. The molecule has 1 aliphatic rings. The van der Waals surface area contributed by atoms with E-state index >= 15 is 0 Å². The van der Waals surface area contributed by atoms with Crippen LogP contribution < -0.4 is 10.6 Å². The molecule has 3 atom stereocenters. The Morgan fingerprint density at radius 2 is 1.56 bits per heavy atom. The lowest BCUT2D eigenvalue weighted by Crippen LogP contribution is -2.48. The highest BCUT2D eigenvalue weighted by Crippen LogP contribution is 2.44. The summed E-state index contributed by atoms with van der Waals surface area (Å²) in [4.78, 5) is 35.0. The van der Waals surface area contributed by atoms with Crippen molar-refractivity contribution in [2.75, 3.05) is 13.2 Å². The molecule has 32 heavy (non-hydrogen) atoms. The number of nitrogens with one attached hydrogen (secondary N) is 2. The predicted octanol–water partition coefficient (Wildman–Crippen LogP) is 1.23. The van der Waals surface area contributed by atoms with Gasteiger partial charge in [0.2, 0.25) is 5.91 Å². The number of carbonyl (C=O) groups is 3. The second-order valence-electron chi connectivity index (χ2n) is 7.69. The van der Waals surface area contributed by atoms with E-state index in [0.717, 1.165) is 22.3 Å². The monoisotopic (exact) mass is 442 g/mol. The minimum absolute atomic E-state index is 0.0997. The number of benzene rings is 2. The van der Waals surface area contributed by atoms with E-state index in [0.29, 0.717) is 0 Å². The summed E-state index contributed by atoms with van der Waals surface area (Å²) in [6, 6.07) is 14.4. The number of fused-ring (bicyclic) bond motifs is 3. The van der Waals surface area contributed by atoms with E-state index in [4.69, 9.17) is 9.84 Å². The van der Waals surface area contributed by atoms with Crippen LogP contribution >= 0.6 is 0 Å². The molecule has 3 unspecified atom stereocenters. The van der Waals surface area contributed by atoms with Gasteiger partial charge in [0.15, 0.2) is 6.04 Å². The maximum absolute atomic E-state index is 12.1. The van der Waals surface area contributed by atoms with E-state index in [1.54, 1.807) is 0 Å². The van der Waals surface area contributed by atoms with Gasteiger partial charge in [0, 0.05) is 12.5 Å². The topological polar surface area (TPSA) is 145 Å². The van der Waals surface area contributed by atoms with Crippen LogP contribution in [0.4, 0.5) is 4.79 Å². The molecular weight excluding hydrogens is 416 g/mol. The number of rotatable bonds is 9. The summed E-state index contributed by atoms with van der Waals surface area (Å²) in [5, 5.41) is 32.8. The number of aliphatic carboxylic acids is 1. The molecule has 170 valence electrons. The van der Waals surface area contributed by atoms with Crippen molar-refractivity contribution in [3.8, 4) is 11.1 Å². The maximum Gasteiger partial charge on any atom is 0.407 e. The van der Waals surface area contributed by atoms with Gasteiger partial charge in [-0.05, 0) is 29.2 Å². The van der Waals surface area contributed by atoms with Crippen LogP contribution in [0.15, 0.2) is 48.5 Å². The van der Waals surface area contributed by atoms with Gasteiger partial charge in [-0.15, -0.1) is 0 Å². The lowest BCUT2D eigenvalue weighted by molar-refractivity contribution is -0.145. The van der Waals surface area contributed by atoms with Crippen molar-refractivity contribution in [1.82, 2.24) is 10.6 Å². The molecule has 0 saturated carbocycles. The van der Waals surface area contributed by atoms with Gasteiger partial charge in [0.1, 0.15) is 6.61 Å². The Morgan fingerprint density at radius 1 is 1.00 bits per heavy atom. The average Bonchev–Trinajstić information content (AvgIpc) is 3.08. The maximum atomic E-state index is 12.1. The van der Waals surface area contributed by atoms with Crippen molar-refractivity contribution in [2.45, 2.75) is 37.5 Å². The quantitative estimate of drug-likeness (QED) is 0.393. The zero-order valence-corrected chi connectivity index (χ0v) is 17.5. The average molecular weight is 442 g/mol. The molecule has 0 spiro atoms. The standard InChI is InChI=1S/C23H26N2O7/c1-13(26)21(22(29)30)25-20(28)10-14(27)11-24-23(31)32-12-19-17-8-4-2-6-15(17)16-7-3-5-9-18(16)19/h2-9,13-14,19,21,26-27H,10-12H2,1H3,(H,24,31)(H,25,28)(H,29,30). The molecule has 9 heteroatoms. The highest BCUT2D eigenvalue weighted by atomic mass is 16.5. The van der Waals surface area contributed by atoms with Crippen molar-refractivity contribution >= 4 is 18.0 Å². The number of hydrogen-bond donors (Lipinski definition) is 5. The third kappa shape index (κ3) is 5.43. The van der Waals surface area contributed by atoms with Gasteiger partial charge in [-0.3, -0.25) is 4.79 Å². The Bertz CT molecular complexity index is 946. The van der Waals surface area contributed by atoms with Crippen LogP contribution in [0.3, 0.4) is 0 Å². The van der Waals surface area contributed by atoms with Crippen molar-refractivity contribution in [3.05, 3.63) is 59.7 Å². The molecule has 0 aliphatic heterocycles. The zero-order chi connectivity index (χ0) is 23.3. The molecule has 2 amide bonds. The molecular formula is C23H26N2O7. The first-order chi connectivity index (χ1) is 15.3. The Balaban J connectivity index is 1.48. The number of aliphatic hydroxyl groups is 2. The summed E-state index contributed by atoms with van der Waals surface area (Å²) in [7, 11) is 0. The smallest absolute Gasteiger partial charge is 0.407 e. The summed E-state index contributed by atoms with van der Waals surface area (Å²) in [5.41, 5.74) is 4.36. The van der Waals surface area contributed by atoms with E-state index in [-0.39, 0.29) is 19.1 Å². The van der Waals surface area contributed by atoms with E-state index in [2.05, 4.69) is 10.6 Å². The number of carboxylic acid groups (broad SMARTS) is 1. The molecule has 0 radical (unpaired) electrons. The van der Waals surface area contributed by atoms with E-state index in [1.165, 1.54) is 6.92 Å². The van der Waals surface area contributed by atoms with Crippen LogP contribution in [0.25, 0.3) is 11.1 Å². The second kappa shape index (κ2) is 10.3. The van der Waals surface area contributed by atoms with Crippen molar-refractivity contribution < 1.29 is 34.4 Å². The Labute approximate surface area is 185 Å². The van der Waals surface area contributed by atoms with Crippen LogP contribution in [-0.2, 0) is 14.3 Å². The van der Waals surface area contributed by atoms with Crippen LogP contribution in [0.1, 0.15) is 30.4 Å². The van der Waals surface area contributed by atoms with Crippen LogP contribution in [0.2, 0.25) is 0 Å². The van der Waals surface area contributed by atoms with E-state index in [9.17, 15) is 24.6 Å². The second-order valence-corrected chi connectivity index (χ2v) is 7.69. The first-order valence-electron chi connectivity index (χ1n) is 10.2. The molecule has 1 aliphatic carbocycles. The van der Waals surface area contributed by atoms with E-state index in [1.807, 2.05) is 48.5 Å². The van der Waals surface area contributed by atoms with Crippen LogP contribution in [0, 0.1) is 0 Å². The van der Waals surface area contributed by atoms with Crippen molar-refractivity contribution in [2.24, 2.45) is 0 Å². The van der Waals surface area contributed by atoms with Gasteiger partial charge in [-0.1, -0.05) is 48.5 Å². The molecule has 9 nitrogen and oxygen atoms in total. The fourth-order valence-electron chi connectivity index (χ4n) is 3.76. The van der Waals surface area contributed by atoms with Gasteiger partial charge in [-0.2, -0.15) is 0 Å². The molecule has 0 bridgehead atoms. The molecule has 2 aromatic rings. The predicted molar refractivity (Wildman–Crippen MR) is 115 cm³/mol. The summed E-state index contributed by atoms with van der Waals surface area (Å²) in [6.07, 6.45) is -3.73. The van der Waals surface area contributed by atoms with Gasteiger partial charge in [0.25, 0.3) is 0 Å². The summed E-state index contributed by atoms with van der Waals surface area (Å²) in [5.74, 6) is -2.25. The largest absolute Gasteiger partial charge is 0.480 e. The molecule has 0 fully saturated rings. The molecule has 0 aromatic heterocycles. The van der Waals surface area contributed by atoms with Gasteiger partial charge in [-0.25, -0.2) is 9.59 Å². The van der Waals surface area contributed by atoms with E-state index < -0.39 is 42.6 Å². The first-order valence-corrected chi connectivity index (χ1v) is 10.2. The summed E-state index contributed by atoms with van der Waals surface area (Å²) in [6.45, 7) is 1.09. The first kappa shape index (κ1) is 23.2. The number of aliphatic hydroxyl groups excluding tert-OH is 2.